The Morgan fingerprint density at radius 1 is 1.20 bits per heavy atom. The molecule has 0 fully saturated rings. The van der Waals surface area contributed by atoms with Gasteiger partial charge < -0.3 is 9.84 Å². The first kappa shape index (κ1) is 16.5. The second-order valence-corrected chi connectivity index (χ2v) is 7.30. The molecule has 0 aliphatic carbocycles. The predicted octanol–water partition coefficient (Wildman–Crippen LogP) is 4.42. The zero-order chi connectivity index (χ0) is 15.7. The number of carbonyl (C=O) groups is 1. The van der Waals surface area contributed by atoms with Crippen LogP contribution in [0.5, 0.6) is 5.75 Å². The molecule has 112 valence electrons. The third-order valence-corrected chi connectivity index (χ3v) is 3.43. The maximum absolute atomic E-state index is 11.3. The third-order valence-electron chi connectivity index (χ3n) is 3.43. The van der Waals surface area contributed by atoms with Crippen LogP contribution in [0.15, 0.2) is 12.1 Å². The normalized spacial score (nSPS) is 12.3. The number of ether oxygens (including phenoxy) is 1. The lowest BCUT2D eigenvalue weighted by Gasteiger charge is -2.34. The topological polar surface area (TPSA) is 46.5 Å². The molecular weight excluding hydrogens is 252 g/mol. The van der Waals surface area contributed by atoms with E-state index in [0.29, 0.717) is 5.56 Å². The summed E-state index contributed by atoms with van der Waals surface area (Å²) in [6, 6.07) is 3.41. The number of aryl methyl sites for hydroxylation is 1. The average molecular weight is 278 g/mol. The van der Waals surface area contributed by atoms with E-state index in [1.54, 1.807) is 19.2 Å². The van der Waals surface area contributed by atoms with E-state index in [0.717, 1.165) is 23.3 Å². The quantitative estimate of drug-likeness (QED) is 0.887. The summed E-state index contributed by atoms with van der Waals surface area (Å²) in [7, 11) is 1.64. The Bertz CT molecular complexity index is 508. The monoisotopic (exact) mass is 278 g/mol. The van der Waals surface area contributed by atoms with Crippen molar-refractivity contribution in [3.63, 3.8) is 0 Å². The lowest BCUT2D eigenvalue weighted by Crippen LogP contribution is -2.26. The minimum absolute atomic E-state index is 0.153. The molecular formula is C17H26O3. The van der Waals surface area contributed by atoms with Gasteiger partial charge in [0.15, 0.2) is 0 Å². The molecule has 0 atom stereocenters. The number of aromatic carboxylic acids is 1. The molecule has 0 heterocycles. The molecule has 3 nitrogen and oxygen atoms in total. The molecule has 0 aliphatic heterocycles. The summed E-state index contributed by atoms with van der Waals surface area (Å²) in [6.07, 6.45) is 0.943. The summed E-state index contributed by atoms with van der Waals surface area (Å²) in [5.41, 5.74) is 2.15. The van der Waals surface area contributed by atoms with Gasteiger partial charge in [0.05, 0.1) is 12.7 Å². The van der Waals surface area contributed by atoms with E-state index in [9.17, 15) is 9.90 Å². The molecule has 3 heteroatoms. The van der Waals surface area contributed by atoms with Crippen molar-refractivity contribution in [2.75, 3.05) is 7.11 Å². The van der Waals surface area contributed by atoms with Crippen LogP contribution in [0.25, 0.3) is 0 Å². The molecule has 0 saturated heterocycles. The summed E-state index contributed by atoms with van der Waals surface area (Å²) in [5, 5.41) is 9.25. The Morgan fingerprint density at radius 3 is 2.15 bits per heavy atom. The van der Waals surface area contributed by atoms with Crippen LogP contribution in [-0.2, 0) is 5.41 Å². The van der Waals surface area contributed by atoms with E-state index < -0.39 is 5.97 Å². The highest BCUT2D eigenvalue weighted by atomic mass is 16.5. The van der Waals surface area contributed by atoms with E-state index in [1.807, 2.05) is 6.92 Å². The van der Waals surface area contributed by atoms with Crippen molar-refractivity contribution in [1.82, 2.24) is 0 Å². The Balaban J connectivity index is 3.44. The largest absolute Gasteiger partial charge is 0.496 e. The second kappa shape index (κ2) is 5.47. The molecule has 1 rings (SSSR count). The summed E-state index contributed by atoms with van der Waals surface area (Å²) in [5.74, 6) is -0.104. The highest BCUT2D eigenvalue weighted by Gasteiger charge is 2.31. The molecule has 0 radical (unpaired) electrons. The van der Waals surface area contributed by atoms with Crippen molar-refractivity contribution >= 4 is 5.97 Å². The van der Waals surface area contributed by atoms with Gasteiger partial charge in [-0.3, -0.25) is 0 Å². The second-order valence-electron chi connectivity index (χ2n) is 7.30. The molecule has 0 saturated carbocycles. The van der Waals surface area contributed by atoms with Crippen molar-refractivity contribution in [3.8, 4) is 5.75 Å². The standard InChI is InChI=1S/C17H26O3/c1-11-8-12(15(18)19)9-13(14(11)20-7)17(5,6)10-16(2,3)4/h8-9H,10H2,1-7H3,(H,18,19). The van der Waals surface area contributed by atoms with Crippen LogP contribution in [0, 0.1) is 12.3 Å². The molecule has 1 aromatic carbocycles. The molecule has 0 aromatic heterocycles. The summed E-state index contributed by atoms with van der Waals surface area (Å²) in [4.78, 5) is 11.3. The van der Waals surface area contributed by atoms with Crippen molar-refractivity contribution in [1.29, 1.82) is 0 Å². The number of hydrogen-bond donors (Lipinski definition) is 1. The minimum atomic E-state index is -0.899. The highest BCUT2D eigenvalue weighted by molar-refractivity contribution is 5.88. The number of methoxy groups -OCH3 is 1. The first-order valence-corrected chi connectivity index (χ1v) is 6.90. The third kappa shape index (κ3) is 3.75. The predicted molar refractivity (Wildman–Crippen MR) is 81.8 cm³/mol. The molecule has 0 spiro atoms. The molecule has 0 aliphatic rings. The van der Waals surface area contributed by atoms with Crippen LogP contribution in [0.3, 0.4) is 0 Å². The lowest BCUT2D eigenvalue weighted by molar-refractivity contribution is 0.0696. The van der Waals surface area contributed by atoms with E-state index in [2.05, 4.69) is 34.6 Å². The van der Waals surface area contributed by atoms with E-state index >= 15 is 0 Å². The average Bonchev–Trinajstić information content (AvgIpc) is 2.24. The molecule has 20 heavy (non-hydrogen) atoms. The fraction of sp³-hybridized carbons (Fsp3) is 0.588. The molecule has 1 aromatic rings. The molecule has 0 bridgehead atoms. The zero-order valence-corrected chi connectivity index (χ0v) is 13.6. The van der Waals surface area contributed by atoms with Gasteiger partial charge in [-0.15, -0.1) is 0 Å². The van der Waals surface area contributed by atoms with Crippen LogP contribution in [0.4, 0.5) is 0 Å². The fourth-order valence-electron chi connectivity index (χ4n) is 3.09. The van der Waals surface area contributed by atoms with Crippen molar-refractivity contribution in [2.45, 2.75) is 53.4 Å². The maximum Gasteiger partial charge on any atom is 0.335 e. The van der Waals surface area contributed by atoms with Crippen molar-refractivity contribution < 1.29 is 14.6 Å². The smallest absolute Gasteiger partial charge is 0.335 e. The first-order valence-electron chi connectivity index (χ1n) is 6.90. The number of carboxylic acid groups (broad SMARTS) is 1. The van der Waals surface area contributed by atoms with Gasteiger partial charge in [0, 0.05) is 5.56 Å². The molecule has 0 amide bonds. The lowest BCUT2D eigenvalue weighted by atomic mass is 9.71. The molecule has 0 unspecified atom stereocenters. The van der Waals surface area contributed by atoms with Gasteiger partial charge >= 0.3 is 5.97 Å². The van der Waals surface area contributed by atoms with Crippen LogP contribution in [0.2, 0.25) is 0 Å². The van der Waals surface area contributed by atoms with Gasteiger partial charge in [-0.2, -0.15) is 0 Å². The Hall–Kier alpha value is -1.51. The van der Waals surface area contributed by atoms with Gasteiger partial charge in [0.2, 0.25) is 0 Å². The maximum atomic E-state index is 11.3. The number of carboxylic acids is 1. The van der Waals surface area contributed by atoms with Gasteiger partial charge in [-0.25, -0.2) is 4.79 Å². The van der Waals surface area contributed by atoms with Crippen LogP contribution < -0.4 is 4.74 Å². The zero-order valence-electron chi connectivity index (χ0n) is 13.6. The summed E-state index contributed by atoms with van der Waals surface area (Å²) in [6.45, 7) is 12.7. The van der Waals surface area contributed by atoms with Gasteiger partial charge in [0.25, 0.3) is 0 Å². The van der Waals surface area contributed by atoms with Crippen molar-refractivity contribution in [3.05, 3.63) is 28.8 Å². The van der Waals surface area contributed by atoms with Crippen LogP contribution in [-0.4, -0.2) is 18.2 Å². The SMILES string of the molecule is COc1c(C)cc(C(=O)O)cc1C(C)(C)CC(C)(C)C. The van der Waals surface area contributed by atoms with Crippen molar-refractivity contribution in [2.24, 2.45) is 5.41 Å². The molecule has 1 N–H and O–H groups in total. The number of hydrogen-bond acceptors (Lipinski definition) is 2. The number of benzene rings is 1. The van der Waals surface area contributed by atoms with Gasteiger partial charge in [-0.05, 0) is 41.9 Å². The Labute approximate surface area is 122 Å². The number of rotatable bonds is 4. The summed E-state index contributed by atoms with van der Waals surface area (Å²) >= 11 is 0. The Kier molecular flexibility index (Phi) is 4.52. The van der Waals surface area contributed by atoms with E-state index in [-0.39, 0.29) is 10.8 Å². The van der Waals surface area contributed by atoms with E-state index in [1.165, 1.54) is 0 Å². The van der Waals surface area contributed by atoms with E-state index in [4.69, 9.17) is 4.74 Å². The van der Waals surface area contributed by atoms with Gasteiger partial charge in [-0.1, -0.05) is 34.6 Å². The Morgan fingerprint density at radius 2 is 1.75 bits per heavy atom. The van der Waals surface area contributed by atoms with Gasteiger partial charge in [0.1, 0.15) is 5.75 Å². The highest BCUT2D eigenvalue weighted by Crippen LogP contribution is 2.42. The summed E-state index contributed by atoms with van der Waals surface area (Å²) < 4.78 is 5.52. The van der Waals surface area contributed by atoms with Crippen LogP contribution >= 0.6 is 0 Å². The first-order chi connectivity index (χ1) is 8.98. The fourth-order valence-corrected chi connectivity index (χ4v) is 3.09. The minimum Gasteiger partial charge on any atom is -0.496 e. The van der Waals surface area contributed by atoms with Crippen LogP contribution in [0.1, 0.15) is 62.5 Å².